The molecule has 4 aromatic rings. The molecule has 0 radical (unpaired) electrons. The second-order valence-electron chi connectivity index (χ2n) is 5.93. The number of H-pyrrole nitrogens is 2. The van der Waals surface area contributed by atoms with Crippen molar-refractivity contribution in [3.63, 3.8) is 0 Å². The smallest absolute Gasteiger partial charge is 0.329 e. The lowest BCUT2D eigenvalue weighted by Gasteiger charge is -2.08. The summed E-state index contributed by atoms with van der Waals surface area (Å²) in [6, 6.07) is 8.96. The fourth-order valence-electron chi connectivity index (χ4n) is 2.81. The maximum Gasteiger partial charge on any atom is 0.329 e. The Kier molecular flexibility index (Phi) is 3.58. The van der Waals surface area contributed by atoms with Crippen LogP contribution in [0.1, 0.15) is 17.6 Å². The number of aromatic nitrogens is 4. The predicted molar refractivity (Wildman–Crippen MR) is 93.1 cm³/mol. The van der Waals surface area contributed by atoms with Crippen LogP contribution in [0.2, 0.25) is 0 Å². The third-order valence-corrected chi connectivity index (χ3v) is 4.20. The summed E-state index contributed by atoms with van der Waals surface area (Å²) in [6.07, 6.45) is -1.26. The second kappa shape index (κ2) is 5.81. The molecule has 0 amide bonds. The van der Waals surface area contributed by atoms with Gasteiger partial charge in [-0.2, -0.15) is 0 Å². The highest BCUT2D eigenvalue weighted by molar-refractivity contribution is 5.77. The first-order valence-electron chi connectivity index (χ1n) is 7.83. The number of hydrogen-bond acceptors (Lipinski definition) is 6. The maximum atomic E-state index is 12.3. The van der Waals surface area contributed by atoms with Gasteiger partial charge in [-0.05, 0) is 12.1 Å². The topological polar surface area (TPSA) is 134 Å². The molecule has 0 saturated heterocycles. The van der Waals surface area contributed by atoms with Crippen molar-refractivity contribution in [3.8, 4) is 0 Å². The van der Waals surface area contributed by atoms with Gasteiger partial charge in [0.2, 0.25) is 0 Å². The lowest BCUT2D eigenvalue weighted by atomic mass is 10.1. The third-order valence-electron chi connectivity index (χ3n) is 4.20. The second-order valence-corrected chi connectivity index (χ2v) is 5.93. The predicted octanol–water partition coefficient (Wildman–Crippen LogP) is 0.332. The molecule has 0 saturated carbocycles. The fraction of sp³-hybridized carbons (Fsp3) is 0.176. The molecule has 0 aliphatic heterocycles. The summed E-state index contributed by atoms with van der Waals surface area (Å²) < 4.78 is 6.67. The number of aliphatic hydroxyl groups is 1. The van der Waals surface area contributed by atoms with Gasteiger partial charge in [-0.25, -0.2) is 9.78 Å². The fourth-order valence-corrected chi connectivity index (χ4v) is 2.81. The summed E-state index contributed by atoms with van der Waals surface area (Å²) in [7, 11) is 1.40. The van der Waals surface area contributed by atoms with Gasteiger partial charge in [0.25, 0.3) is 11.1 Å². The average Bonchev–Trinajstić information content (AvgIpc) is 3.05. The van der Waals surface area contributed by atoms with Crippen LogP contribution in [-0.2, 0) is 13.5 Å². The van der Waals surface area contributed by atoms with Crippen LogP contribution in [0.4, 0.5) is 0 Å². The molecule has 0 spiro atoms. The van der Waals surface area contributed by atoms with E-state index in [1.807, 2.05) is 18.2 Å². The van der Waals surface area contributed by atoms with Gasteiger partial charge >= 0.3 is 5.69 Å². The molecular formula is C17H14N4O5. The van der Waals surface area contributed by atoms with Crippen LogP contribution in [0.25, 0.3) is 22.1 Å². The number of aromatic amines is 2. The Morgan fingerprint density at radius 2 is 1.96 bits per heavy atom. The number of aliphatic hydroxyl groups excluding tert-OH is 1. The Balaban J connectivity index is 1.77. The molecule has 0 aliphatic carbocycles. The zero-order valence-electron chi connectivity index (χ0n) is 13.6. The number of aryl methyl sites for hydroxylation is 1. The SMILES string of the molecule is Cn1c(=O)[nH]c(=O)c2nc(C[C@H](O)c3cc4ccccc4o3)c(=O)[nH]c21. The van der Waals surface area contributed by atoms with E-state index >= 15 is 0 Å². The number of para-hydroxylation sites is 1. The molecule has 3 N–H and O–H groups in total. The van der Waals surface area contributed by atoms with E-state index in [0.717, 1.165) is 9.95 Å². The van der Waals surface area contributed by atoms with Crippen LogP contribution in [0.15, 0.2) is 49.1 Å². The highest BCUT2D eigenvalue weighted by Gasteiger charge is 2.18. The van der Waals surface area contributed by atoms with E-state index in [9.17, 15) is 19.5 Å². The Bertz CT molecular complexity index is 1280. The minimum absolute atomic E-state index is 0.0192. The van der Waals surface area contributed by atoms with Crippen molar-refractivity contribution in [1.82, 2.24) is 19.5 Å². The number of nitrogens with zero attached hydrogens (tertiary/aromatic N) is 2. The van der Waals surface area contributed by atoms with Gasteiger partial charge in [0.15, 0.2) is 5.52 Å². The maximum absolute atomic E-state index is 12.3. The summed E-state index contributed by atoms with van der Waals surface area (Å²) >= 11 is 0. The first-order chi connectivity index (χ1) is 12.4. The third kappa shape index (κ3) is 2.54. The number of nitrogens with one attached hydrogen (secondary N) is 2. The van der Waals surface area contributed by atoms with E-state index in [2.05, 4.69) is 15.0 Å². The van der Waals surface area contributed by atoms with Crippen molar-refractivity contribution >= 4 is 22.1 Å². The summed E-state index contributed by atoms with van der Waals surface area (Å²) in [5, 5.41) is 11.2. The van der Waals surface area contributed by atoms with Crippen molar-refractivity contribution in [3.05, 3.63) is 73.0 Å². The summed E-state index contributed by atoms with van der Waals surface area (Å²) in [4.78, 5) is 44.5. The zero-order chi connectivity index (χ0) is 18.4. The normalized spacial score (nSPS) is 12.7. The van der Waals surface area contributed by atoms with E-state index < -0.39 is 22.9 Å². The summed E-state index contributed by atoms with van der Waals surface area (Å²) in [6.45, 7) is 0. The number of benzene rings is 1. The van der Waals surface area contributed by atoms with E-state index in [0.29, 0.717) is 11.3 Å². The molecule has 132 valence electrons. The van der Waals surface area contributed by atoms with Gasteiger partial charge in [0.1, 0.15) is 28.8 Å². The number of furan rings is 1. The van der Waals surface area contributed by atoms with E-state index in [4.69, 9.17) is 4.42 Å². The van der Waals surface area contributed by atoms with Crippen LogP contribution in [0.5, 0.6) is 0 Å². The molecule has 0 aliphatic rings. The van der Waals surface area contributed by atoms with Crippen LogP contribution < -0.4 is 16.8 Å². The first kappa shape index (κ1) is 16.0. The van der Waals surface area contributed by atoms with Gasteiger partial charge in [-0.1, -0.05) is 18.2 Å². The van der Waals surface area contributed by atoms with E-state index in [-0.39, 0.29) is 23.3 Å². The molecular weight excluding hydrogens is 340 g/mol. The Hall–Kier alpha value is -3.46. The quantitative estimate of drug-likeness (QED) is 0.485. The van der Waals surface area contributed by atoms with Crippen LogP contribution in [-0.4, -0.2) is 24.6 Å². The molecule has 9 heteroatoms. The monoisotopic (exact) mass is 354 g/mol. The van der Waals surface area contributed by atoms with Crippen molar-refractivity contribution in [1.29, 1.82) is 0 Å². The Morgan fingerprint density at radius 3 is 2.73 bits per heavy atom. The summed E-state index contributed by atoms with van der Waals surface area (Å²) in [5.41, 5.74) is -1.44. The number of hydrogen-bond donors (Lipinski definition) is 3. The average molecular weight is 354 g/mol. The van der Waals surface area contributed by atoms with Crippen molar-refractivity contribution in [2.24, 2.45) is 7.05 Å². The first-order valence-corrected chi connectivity index (χ1v) is 7.83. The van der Waals surface area contributed by atoms with Crippen LogP contribution in [0, 0.1) is 0 Å². The minimum Gasteiger partial charge on any atom is -0.458 e. The lowest BCUT2D eigenvalue weighted by Crippen LogP contribution is -2.32. The lowest BCUT2D eigenvalue weighted by molar-refractivity contribution is 0.151. The zero-order valence-corrected chi connectivity index (χ0v) is 13.6. The molecule has 4 rings (SSSR count). The number of fused-ring (bicyclic) bond motifs is 2. The molecule has 26 heavy (non-hydrogen) atoms. The molecule has 0 bridgehead atoms. The van der Waals surface area contributed by atoms with Crippen LogP contribution in [0.3, 0.4) is 0 Å². The molecule has 0 unspecified atom stereocenters. The Morgan fingerprint density at radius 1 is 1.19 bits per heavy atom. The van der Waals surface area contributed by atoms with Gasteiger partial charge in [0, 0.05) is 18.9 Å². The van der Waals surface area contributed by atoms with Crippen molar-refractivity contribution < 1.29 is 9.52 Å². The minimum atomic E-state index is -1.11. The van der Waals surface area contributed by atoms with Gasteiger partial charge in [-0.3, -0.25) is 19.1 Å². The Labute approximate surface area is 144 Å². The van der Waals surface area contributed by atoms with E-state index in [1.54, 1.807) is 12.1 Å². The molecule has 9 nitrogen and oxygen atoms in total. The molecule has 3 aromatic heterocycles. The standard InChI is InChI=1S/C17H14N4O5/c1-21-14-13(16(24)20-17(21)25)18-9(15(23)19-14)7-10(22)12-6-8-4-2-3-5-11(8)26-12/h2-6,10,22H,7H2,1H3,(H,19,23)(H,20,24,25)/t10-/m0/s1. The van der Waals surface area contributed by atoms with Gasteiger partial charge < -0.3 is 14.5 Å². The van der Waals surface area contributed by atoms with Gasteiger partial charge in [-0.15, -0.1) is 0 Å². The van der Waals surface area contributed by atoms with Gasteiger partial charge in [0.05, 0.1) is 0 Å². The van der Waals surface area contributed by atoms with Crippen LogP contribution >= 0.6 is 0 Å². The van der Waals surface area contributed by atoms with E-state index in [1.165, 1.54) is 7.05 Å². The number of rotatable bonds is 3. The van der Waals surface area contributed by atoms with Crippen molar-refractivity contribution in [2.45, 2.75) is 12.5 Å². The molecule has 3 heterocycles. The van der Waals surface area contributed by atoms with Crippen molar-refractivity contribution in [2.75, 3.05) is 0 Å². The molecule has 1 aromatic carbocycles. The summed E-state index contributed by atoms with van der Waals surface area (Å²) in [5.74, 6) is 0.293. The largest absolute Gasteiger partial charge is 0.458 e. The molecule has 1 atom stereocenters. The molecule has 0 fully saturated rings. The highest BCUT2D eigenvalue weighted by Crippen LogP contribution is 2.25. The highest BCUT2D eigenvalue weighted by atomic mass is 16.4.